The lowest BCUT2D eigenvalue weighted by atomic mass is 9.43. The summed E-state index contributed by atoms with van der Waals surface area (Å²) in [6.45, 7) is 6.67. The second-order valence-corrected chi connectivity index (χ2v) is 13.1. The van der Waals surface area contributed by atoms with E-state index in [0.717, 1.165) is 38.5 Å². The van der Waals surface area contributed by atoms with Gasteiger partial charge in [-0.1, -0.05) is 33.6 Å². The normalized spacial score (nSPS) is 45.9. The number of fused-ring (bicyclic) bond motifs is 5. The van der Waals surface area contributed by atoms with Gasteiger partial charge in [0.05, 0.1) is 0 Å². The zero-order valence-electron chi connectivity index (χ0n) is 21.2. The van der Waals surface area contributed by atoms with Crippen LogP contribution in [-0.4, -0.2) is 34.3 Å². The molecule has 0 saturated heterocycles. The van der Waals surface area contributed by atoms with Gasteiger partial charge in [0, 0.05) is 0 Å². The van der Waals surface area contributed by atoms with Crippen LogP contribution in [0.5, 0.6) is 0 Å². The molecule has 2 nitrogen and oxygen atoms in total. The van der Waals surface area contributed by atoms with E-state index in [2.05, 4.69) is 20.8 Å². The number of hydrogen-bond donors (Lipinski definition) is 2. The van der Waals surface area contributed by atoms with Gasteiger partial charge in [0.2, 0.25) is 0 Å². The highest BCUT2D eigenvalue weighted by molar-refractivity contribution is 5.11. The van der Waals surface area contributed by atoms with Crippen LogP contribution in [0.25, 0.3) is 0 Å². The summed E-state index contributed by atoms with van der Waals surface area (Å²) in [6.07, 6.45) is -4.79. The molecule has 0 aromatic heterocycles. The molecule has 204 valence electrons. The molecule has 0 unspecified atom stereocenters. The first-order valence-corrected chi connectivity index (χ1v) is 13.6. The minimum Gasteiger partial charge on any atom is -0.384 e. The first kappa shape index (κ1) is 27.5. The smallest absolute Gasteiger partial charge is 0.384 e. The summed E-state index contributed by atoms with van der Waals surface area (Å²) in [5.41, 5.74) is -2.60. The Bertz CT molecular complexity index is 768. The molecule has 4 aliphatic carbocycles. The van der Waals surface area contributed by atoms with Gasteiger partial charge in [-0.3, -0.25) is 0 Å². The summed E-state index contributed by atoms with van der Waals surface area (Å²) < 4.78 is 78.6. The molecule has 4 aliphatic rings. The molecule has 0 aromatic carbocycles. The fourth-order valence-corrected chi connectivity index (χ4v) is 9.48. The molecular formula is C27H42F6O2. The van der Waals surface area contributed by atoms with Crippen LogP contribution in [-0.2, 0) is 0 Å². The van der Waals surface area contributed by atoms with Crippen LogP contribution < -0.4 is 0 Å². The molecule has 8 heteroatoms. The predicted octanol–water partition coefficient (Wildman–Crippen LogP) is 7.67. The minimum absolute atomic E-state index is 0.107. The molecule has 4 fully saturated rings. The number of hydrogen-bond acceptors (Lipinski definition) is 2. The molecule has 0 aliphatic heterocycles. The van der Waals surface area contributed by atoms with Crippen LogP contribution in [0, 0.1) is 46.3 Å². The first-order valence-electron chi connectivity index (χ1n) is 13.6. The monoisotopic (exact) mass is 512 g/mol. The summed E-state index contributed by atoms with van der Waals surface area (Å²) in [5.74, 6) is 1.99. The van der Waals surface area contributed by atoms with Gasteiger partial charge >= 0.3 is 12.4 Å². The quantitative estimate of drug-likeness (QED) is 0.371. The Hall–Kier alpha value is -0.500. The molecule has 0 amide bonds. The average Bonchev–Trinajstić information content (AvgIpc) is 3.10. The lowest BCUT2D eigenvalue weighted by molar-refractivity contribution is -0.290. The van der Waals surface area contributed by atoms with Crippen molar-refractivity contribution in [1.29, 1.82) is 0 Å². The van der Waals surface area contributed by atoms with Crippen molar-refractivity contribution in [2.75, 3.05) is 0 Å². The molecule has 35 heavy (non-hydrogen) atoms. The number of rotatable bonds is 5. The topological polar surface area (TPSA) is 40.5 Å². The molecule has 2 N–H and O–H groups in total. The Kier molecular flexibility index (Phi) is 7.13. The van der Waals surface area contributed by atoms with Crippen molar-refractivity contribution in [2.45, 2.75) is 122 Å². The van der Waals surface area contributed by atoms with Gasteiger partial charge in [0.15, 0.2) is 5.60 Å². The molecule has 0 spiro atoms. The van der Waals surface area contributed by atoms with E-state index in [9.17, 15) is 36.6 Å². The highest BCUT2D eigenvalue weighted by Crippen LogP contribution is 2.69. The Labute approximate surface area is 205 Å². The number of halogens is 6. The molecule has 0 radical (unpaired) electrons. The third-order valence-corrected chi connectivity index (χ3v) is 11.5. The zero-order chi connectivity index (χ0) is 26.0. The summed E-state index contributed by atoms with van der Waals surface area (Å²) >= 11 is 0. The largest absolute Gasteiger partial charge is 0.417 e. The predicted molar refractivity (Wildman–Crippen MR) is 121 cm³/mol. The number of aliphatic hydroxyl groups is 2. The minimum atomic E-state index is -4.58. The van der Waals surface area contributed by atoms with Gasteiger partial charge in [0.1, 0.15) is 6.10 Å². The van der Waals surface area contributed by atoms with Crippen molar-refractivity contribution < 1.29 is 36.6 Å². The molecule has 4 rings (SSSR count). The van der Waals surface area contributed by atoms with E-state index in [4.69, 9.17) is 0 Å². The van der Waals surface area contributed by atoms with E-state index < -0.39 is 24.1 Å². The van der Waals surface area contributed by atoms with Crippen LogP contribution in [0.3, 0.4) is 0 Å². The maximum absolute atomic E-state index is 13.6. The molecule has 0 aromatic rings. The first-order chi connectivity index (χ1) is 16.0. The van der Waals surface area contributed by atoms with Crippen molar-refractivity contribution in [3.63, 3.8) is 0 Å². The number of aliphatic hydroxyl groups excluding tert-OH is 1. The van der Waals surface area contributed by atoms with Crippen molar-refractivity contribution >= 4 is 0 Å². The Balaban J connectivity index is 1.42. The van der Waals surface area contributed by atoms with Gasteiger partial charge in [-0.25, -0.2) is 0 Å². The molecule has 4 saturated carbocycles. The Morgan fingerprint density at radius 3 is 2.11 bits per heavy atom. The fourth-order valence-electron chi connectivity index (χ4n) is 9.48. The van der Waals surface area contributed by atoms with Gasteiger partial charge in [-0.05, 0) is 111 Å². The van der Waals surface area contributed by atoms with E-state index in [-0.39, 0.29) is 41.9 Å². The molecular weight excluding hydrogens is 470 g/mol. The van der Waals surface area contributed by atoms with Crippen LogP contribution in [0.4, 0.5) is 26.3 Å². The maximum atomic E-state index is 13.6. The number of alkyl halides is 6. The summed E-state index contributed by atoms with van der Waals surface area (Å²) in [7, 11) is 0. The summed E-state index contributed by atoms with van der Waals surface area (Å²) in [4.78, 5) is 0. The van der Waals surface area contributed by atoms with Gasteiger partial charge in [-0.2, -0.15) is 26.3 Å². The fraction of sp³-hybridized carbons (Fsp3) is 1.00. The highest BCUT2D eigenvalue weighted by Gasteiger charge is 2.65. The van der Waals surface area contributed by atoms with Gasteiger partial charge < -0.3 is 10.2 Å². The van der Waals surface area contributed by atoms with Crippen molar-refractivity contribution in [1.82, 2.24) is 0 Å². The van der Waals surface area contributed by atoms with E-state index in [0.29, 0.717) is 42.9 Å². The summed E-state index contributed by atoms with van der Waals surface area (Å²) in [6, 6.07) is 0. The van der Waals surface area contributed by atoms with E-state index >= 15 is 0 Å². The lowest BCUT2D eigenvalue weighted by Gasteiger charge is -2.62. The summed E-state index contributed by atoms with van der Waals surface area (Å²) in [5, 5.41) is 19.7. The van der Waals surface area contributed by atoms with E-state index in [1.165, 1.54) is 0 Å². The van der Waals surface area contributed by atoms with Crippen molar-refractivity contribution in [3.8, 4) is 0 Å². The molecule has 0 heterocycles. The van der Waals surface area contributed by atoms with Crippen molar-refractivity contribution in [2.24, 2.45) is 46.3 Å². The molecule has 10 atom stereocenters. The second-order valence-electron chi connectivity index (χ2n) is 13.1. The third kappa shape index (κ3) is 4.66. The van der Waals surface area contributed by atoms with Gasteiger partial charge in [-0.15, -0.1) is 0 Å². The standard InChI is InChI=1S/C27H42F6O2/c1-16(5-4-6-22(34)26(28,29)30)19-9-10-20-18-8-7-17-15-25(35,27(31,32)33)14-13-23(17,2)21(18)11-12-24(19,20)3/h16-22,34-35H,4-15H2,1-3H3/t16-,17-,18-,19-,20-,21-,22+,23-,24+,25-/m0/s1. The van der Waals surface area contributed by atoms with Crippen LogP contribution in [0.2, 0.25) is 0 Å². The highest BCUT2D eigenvalue weighted by atomic mass is 19.4. The third-order valence-electron chi connectivity index (χ3n) is 11.5. The van der Waals surface area contributed by atoms with Gasteiger partial charge in [0.25, 0.3) is 0 Å². The maximum Gasteiger partial charge on any atom is 0.417 e. The van der Waals surface area contributed by atoms with Crippen LogP contribution in [0.1, 0.15) is 97.8 Å². The average molecular weight is 513 g/mol. The van der Waals surface area contributed by atoms with Crippen LogP contribution in [0.15, 0.2) is 0 Å². The lowest BCUT2D eigenvalue weighted by Crippen LogP contribution is -2.59. The van der Waals surface area contributed by atoms with Crippen molar-refractivity contribution in [3.05, 3.63) is 0 Å². The van der Waals surface area contributed by atoms with Crippen LogP contribution >= 0.6 is 0 Å². The molecule has 0 bridgehead atoms. The Morgan fingerprint density at radius 1 is 0.829 bits per heavy atom. The second kappa shape index (κ2) is 9.06. The van der Waals surface area contributed by atoms with E-state index in [1.807, 2.05) is 0 Å². The zero-order valence-corrected chi connectivity index (χ0v) is 21.2. The SMILES string of the molecule is C[C@@H](CCC[C@@H](O)C(F)(F)F)[C@@H]1CC[C@H]2[C@@H]3CC[C@H]4C[C@](O)(C(F)(F)F)CC[C@]4(C)[C@H]3CC[C@@]21C. The van der Waals surface area contributed by atoms with E-state index in [1.54, 1.807) is 0 Å². The Morgan fingerprint density at radius 2 is 1.49 bits per heavy atom.